The van der Waals surface area contributed by atoms with Crippen molar-refractivity contribution in [3.05, 3.63) is 62.2 Å². The Hall–Kier alpha value is -1.74. The molecular weight excluding hydrogens is 389 g/mol. The molecule has 0 saturated heterocycles. The van der Waals surface area contributed by atoms with Gasteiger partial charge in [0, 0.05) is 27.1 Å². The Kier molecular flexibility index (Phi) is 4.85. The van der Waals surface area contributed by atoms with Gasteiger partial charge in [-0.25, -0.2) is 0 Å². The van der Waals surface area contributed by atoms with Crippen LogP contribution >= 0.6 is 34.8 Å². The van der Waals surface area contributed by atoms with Gasteiger partial charge in [0.05, 0.1) is 4.92 Å². The number of benzene rings is 2. The molecule has 2 N–H and O–H groups in total. The summed E-state index contributed by atoms with van der Waals surface area (Å²) in [6, 6.07) is 13.9. The van der Waals surface area contributed by atoms with E-state index in [1.54, 1.807) is 12.1 Å². The van der Waals surface area contributed by atoms with Crippen LogP contribution in [-0.4, -0.2) is 10.0 Å². The largest absolute Gasteiger partial charge is 0.332 e. The highest BCUT2D eigenvalue weighted by molar-refractivity contribution is 14.1. The molecule has 0 heterocycles. The number of hydrogen-bond acceptors (Lipinski definition) is 3. The summed E-state index contributed by atoms with van der Waals surface area (Å²) in [5.41, 5.74) is 1.45. The molecule has 0 saturated carbocycles. The number of nitrogens with zero attached hydrogens (tertiary/aromatic N) is 1. The maximum atomic E-state index is 10.7. The Balaban J connectivity index is 2.02. The van der Waals surface area contributed by atoms with E-state index in [1.807, 2.05) is 24.3 Å². The quantitative estimate of drug-likeness (QED) is 0.354. The third-order valence-corrected chi connectivity index (χ3v) is 3.34. The number of nitrogens with one attached hydrogen (secondary N) is 2. The lowest BCUT2D eigenvalue weighted by Gasteiger charge is -2.10. The van der Waals surface area contributed by atoms with E-state index in [4.69, 9.17) is 12.2 Å². The summed E-state index contributed by atoms with van der Waals surface area (Å²) in [4.78, 5) is 10.2. The van der Waals surface area contributed by atoms with E-state index in [2.05, 4.69) is 33.2 Å². The highest BCUT2D eigenvalue weighted by Gasteiger charge is 2.06. The Bertz CT molecular complexity index is 646. The van der Waals surface area contributed by atoms with Crippen LogP contribution in [0.25, 0.3) is 0 Å². The number of non-ortho nitro benzene ring substituents is 1. The molecule has 0 aliphatic heterocycles. The van der Waals surface area contributed by atoms with Gasteiger partial charge in [-0.2, -0.15) is 0 Å². The van der Waals surface area contributed by atoms with E-state index in [0.29, 0.717) is 10.8 Å². The molecule has 20 heavy (non-hydrogen) atoms. The van der Waals surface area contributed by atoms with Gasteiger partial charge in [-0.1, -0.05) is 6.07 Å². The molecule has 0 aromatic heterocycles. The molecule has 0 bridgehead atoms. The van der Waals surface area contributed by atoms with E-state index < -0.39 is 4.92 Å². The lowest BCUT2D eigenvalue weighted by molar-refractivity contribution is -0.384. The molecule has 0 unspecified atom stereocenters. The van der Waals surface area contributed by atoms with Crippen molar-refractivity contribution in [3.8, 4) is 0 Å². The van der Waals surface area contributed by atoms with Crippen molar-refractivity contribution in [2.45, 2.75) is 0 Å². The summed E-state index contributed by atoms with van der Waals surface area (Å²) in [6.07, 6.45) is 0. The van der Waals surface area contributed by atoms with E-state index in [9.17, 15) is 10.1 Å². The van der Waals surface area contributed by atoms with Gasteiger partial charge in [-0.15, -0.1) is 0 Å². The number of nitro groups is 1. The normalized spacial score (nSPS) is 9.85. The second-order valence-corrected chi connectivity index (χ2v) is 5.55. The van der Waals surface area contributed by atoms with Crippen molar-refractivity contribution in [1.29, 1.82) is 0 Å². The van der Waals surface area contributed by atoms with Gasteiger partial charge in [-0.05, 0) is 65.1 Å². The van der Waals surface area contributed by atoms with Crippen LogP contribution in [-0.2, 0) is 0 Å². The van der Waals surface area contributed by atoms with Crippen molar-refractivity contribution < 1.29 is 4.92 Å². The molecule has 102 valence electrons. The minimum Gasteiger partial charge on any atom is -0.332 e. The first kappa shape index (κ1) is 14.7. The minimum atomic E-state index is -0.444. The van der Waals surface area contributed by atoms with Gasteiger partial charge in [0.15, 0.2) is 5.11 Å². The maximum Gasteiger partial charge on any atom is 0.271 e. The molecule has 0 atom stereocenters. The van der Waals surface area contributed by atoms with Gasteiger partial charge < -0.3 is 10.6 Å². The number of rotatable bonds is 3. The Morgan fingerprint density at radius 3 is 2.40 bits per heavy atom. The van der Waals surface area contributed by atoms with Crippen molar-refractivity contribution in [2.24, 2.45) is 0 Å². The molecule has 0 aliphatic rings. The second kappa shape index (κ2) is 6.62. The Morgan fingerprint density at radius 2 is 1.75 bits per heavy atom. The topological polar surface area (TPSA) is 67.2 Å². The Morgan fingerprint density at radius 1 is 1.10 bits per heavy atom. The monoisotopic (exact) mass is 399 g/mol. The van der Waals surface area contributed by atoms with E-state index >= 15 is 0 Å². The number of hydrogen-bond donors (Lipinski definition) is 2. The fourth-order valence-electron chi connectivity index (χ4n) is 1.52. The minimum absolute atomic E-state index is 0.0204. The Labute approximate surface area is 134 Å². The predicted octanol–water partition coefficient (Wildman–Crippen LogP) is 4.01. The van der Waals surface area contributed by atoms with Crippen LogP contribution in [0.4, 0.5) is 17.1 Å². The zero-order chi connectivity index (χ0) is 14.5. The van der Waals surface area contributed by atoms with E-state index in [0.717, 1.165) is 9.26 Å². The molecule has 2 rings (SSSR count). The van der Waals surface area contributed by atoms with Gasteiger partial charge in [0.2, 0.25) is 0 Å². The highest BCUT2D eigenvalue weighted by Crippen LogP contribution is 2.17. The number of thiocarbonyl (C=S) groups is 1. The predicted molar refractivity (Wildman–Crippen MR) is 92.1 cm³/mol. The lowest BCUT2D eigenvalue weighted by Crippen LogP contribution is -2.19. The van der Waals surface area contributed by atoms with E-state index in [1.165, 1.54) is 12.1 Å². The van der Waals surface area contributed by atoms with Crippen molar-refractivity contribution >= 4 is 57.0 Å². The van der Waals surface area contributed by atoms with Crippen LogP contribution in [0.15, 0.2) is 48.5 Å². The smallest absolute Gasteiger partial charge is 0.271 e. The first-order valence-corrected chi connectivity index (χ1v) is 7.11. The summed E-state index contributed by atoms with van der Waals surface area (Å²) < 4.78 is 1.13. The number of nitro benzene ring substituents is 1. The summed E-state index contributed by atoms with van der Waals surface area (Å²) in [5, 5.41) is 17.0. The number of anilines is 2. The first-order valence-electron chi connectivity index (χ1n) is 5.62. The second-order valence-electron chi connectivity index (χ2n) is 3.89. The van der Waals surface area contributed by atoms with E-state index in [-0.39, 0.29) is 5.69 Å². The standard InChI is InChI=1S/C13H10IN3O2S/c14-9-4-6-10(7-5-9)15-13(20)16-11-2-1-3-12(8-11)17(18)19/h1-8H,(H2,15,16,20). The SMILES string of the molecule is O=[N+]([O-])c1cccc(NC(=S)Nc2ccc(I)cc2)c1. The molecule has 0 fully saturated rings. The first-order chi connectivity index (χ1) is 9.54. The third kappa shape index (κ3) is 4.14. The van der Waals surface area contributed by atoms with Crippen LogP contribution < -0.4 is 10.6 Å². The fourth-order valence-corrected chi connectivity index (χ4v) is 2.12. The number of halogens is 1. The lowest BCUT2D eigenvalue weighted by atomic mass is 10.3. The highest BCUT2D eigenvalue weighted by atomic mass is 127. The summed E-state index contributed by atoms with van der Waals surface area (Å²) >= 11 is 7.38. The molecule has 0 spiro atoms. The van der Waals surface area contributed by atoms with Crippen molar-refractivity contribution in [2.75, 3.05) is 10.6 Å². The molecule has 0 radical (unpaired) electrons. The maximum absolute atomic E-state index is 10.7. The molecule has 7 heteroatoms. The summed E-state index contributed by atoms with van der Waals surface area (Å²) in [5.74, 6) is 0. The van der Waals surface area contributed by atoms with Crippen LogP contribution in [0.1, 0.15) is 0 Å². The van der Waals surface area contributed by atoms with Crippen molar-refractivity contribution in [1.82, 2.24) is 0 Å². The van der Waals surface area contributed by atoms with Gasteiger partial charge in [0.1, 0.15) is 0 Å². The molecule has 0 aliphatic carbocycles. The average Bonchev–Trinajstić information content (AvgIpc) is 2.41. The molecular formula is C13H10IN3O2S. The fraction of sp³-hybridized carbons (Fsp3) is 0. The zero-order valence-electron chi connectivity index (χ0n) is 10.2. The van der Waals surface area contributed by atoms with Crippen LogP contribution in [0.3, 0.4) is 0 Å². The van der Waals surface area contributed by atoms with Gasteiger partial charge in [-0.3, -0.25) is 10.1 Å². The average molecular weight is 399 g/mol. The molecule has 2 aromatic rings. The third-order valence-electron chi connectivity index (χ3n) is 2.42. The van der Waals surface area contributed by atoms with Crippen LogP contribution in [0, 0.1) is 13.7 Å². The van der Waals surface area contributed by atoms with Gasteiger partial charge >= 0.3 is 0 Å². The van der Waals surface area contributed by atoms with Gasteiger partial charge in [0.25, 0.3) is 5.69 Å². The van der Waals surface area contributed by atoms with Crippen LogP contribution in [0.2, 0.25) is 0 Å². The molecule has 0 amide bonds. The molecule has 5 nitrogen and oxygen atoms in total. The summed E-state index contributed by atoms with van der Waals surface area (Å²) in [6.45, 7) is 0. The van der Waals surface area contributed by atoms with Crippen molar-refractivity contribution in [3.63, 3.8) is 0 Å². The molecule has 2 aromatic carbocycles. The summed E-state index contributed by atoms with van der Waals surface area (Å²) in [7, 11) is 0. The van der Waals surface area contributed by atoms with Crippen LogP contribution in [0.5, 0.6) is 0 Å². The zero-order valence-corrected chi connectivity index (χ0v) is 13.1.